The lowest BCUT2D eigenvalue weighted by Gasteiger charge is -2.07. The number of amides is 3. The Morgan fingerprint density at radius 3 is 2.64 bits per heavy atom. The SMILES string of the molecule is CNC(=O)Nc1ccnc2[nH]cc(/C=C(/C(N)=O)c3ccccc3)c12. The summed E-state index contributed by atoms with van der Waals surface area (Å²) in [5, 5.41) is 5.95. The van der Waals surface area contributed by atoms with Gasteiger partial charge in [0.05, 0.1) is 5.69 Å². The summed E-state index contributed by atoms with van der Waals surface area (Å²) in [4.78, 5) is 30.9. The van der Waals surface area contributed by atoms with E-state index < -0.39 is 5.91 Å². The van der Waals surface area contributed by atoms with Crippen molar-refractivity contribution in [3.8, 4) is 0 Å². The van der Waals surface area contributed by atoms with Gasteiger partial charge in [-0.3, -0.25) is 4.79 Å². The number of aromatic nitrogens is 2. The summed E-state index contributed by atoms with van der Waals surface area (Å²) < 4.78 is 0. The summed E-state index contributed by atoms with van der Waals surface area (Å²) in [7, 11) is 1.53. The molecule has 5 N–H and O–H groups in total. The Balaban J connectivity index is 2.14. The highest BCUT2D eigenvalue weighted by atomic mass is 16.2. The molecule has 7 heteroatoms. The van der Waals surface area contributed by atoms with Crippen LogP contribution in [-0.2, 0) is 4.79 Å². The second-order valence-electron chi connectivity index (χ2n) is 5.32. The number of H-pyrrole nitrogens is 1. The zero-order valence-corrected chi connectivity index (χ0v) is 13.5. The predicted molar refractivity (Wildman–Crippen MR) is 97.7 cm³/mol. The molecule has 3 rings (SSSR count). The fraction of sp³-hybridized carbons (Fsp3) is 0.0556. The van der Waals surface area contributed by atoms with E-state index in [1.807, 2.05) is 30.3 Å². The molecule has 0 aliphatic carbocycles. The molecule has 0 aliphatic rings. The molecular weight excluding hydrogens is 318 g/mol. The van der Waals surface area contributed by atoms with E-state index >= 15 is 0 Å². The Bertz CT molecular complexity index is 960. The number of nitrogens with zero attached hydrogens (tertiary/aromatic N) is 1. The molecule has 126 valence electrons. The van der Waals surface area contributed by atoms with Crippen molar-refractivity contribution in [3.05, 3.63) is 59.9 Å². The van der Waals surface area contributed by atoms with Crippen LogP contribution in [0.2, 0.25) is 0 Å². The molecule has 3 aromatic rings. The van der Waals surface area contributed by atoms with E-state index in [1.165, 1.54) is 7.05 Å². The molecule has 0 saturated carbocycles. The first-order chi connectivity index (χ1) is 12.1. The normalized spacial score (nSPS) is 11.3. The van der Waals surface area contributed by atoms with E-state index in [2.05, 4.69) is 20.6 Å². The van der Waals surface area contributed by atoms with Gasteiger partial charge in [0.1, 0.15) is 5.65 Å². The standard InChI is InChI=1S/C18H17N5O2/c1-20-18(25)23-14-7-8-21-17-15(14)12(10-22-17)9-13(16(19)24)11-5-3-2-4-6-11/h2-10H,1H3,(H2,19,24)(H3,20,21,22,23,25)/b13-9+. The number of primary amides is 1. The van der Waals surface area contributed by atoms with Crippen LogP contribution in [0.5, 0.6) is 0 Å². The Morgan fingerprint density at radius 2 is 1.96 bits per heavy atom. The highest BCUT2D eigenvalue weighted by Gasteiger charge is 2.13. The Labute approximate surface area is 143 Å². The third-order valence-electron chi connectivity index (χ3n) is 3.73. The lowest BCUT2D eigenvalue weighted by molar-refractivity contribution is -0.112. The Morgan fingerprint density at radius 1 is 1.20 bits per heavy atom. The molecule has 0 radical (unpaired) electrons. The number of fused-ring (bicyclic) bond motifs is 1. The maximum atomic E-state index is 11.9. The smallest absolute Gasteiger partial charge is 0.318 e. The van der Waals surface area contributed by atoms with Gasteiger partial charge >= 0.3 is 6.03 Å². The minimum absolute atomic E-state index is 0.346. The molecule has 0 aliphatic heterocycles. The van der Waals surface area contributed by atoms with E-state index in [9.17, 15) is 9.59 Å². The molecule has 1 aromatic carbocycles. The number of pyridine rings is 1. The number of nitrogens with one attached hydrogen (secondary N) is 3. The molecule has 0 spiro atoms. The predicted octanol–water partition coefficient (Wildman–Crippen LogP) is 2.34. The van der Waals surface area contributed by atoms with Crippen LogP contribution in [0.4, 0.5) is 10.5 Å². The van der Waals surface area contributed by atoms with Crippen LogP contribution in [0, 0.1) is 0 Å². The molecule has 2 aromatic heterocycles. The molecule has 0 bridgehead atoms. The topological polar surface area (TPSA) is 113 Å². The third-order valence-corrected chi connectivity index (χ3v) is 3.73. The van der Waals surface area contributed by atoms with E-state index in [4.69, 9.17) is 5.73 Å². The molecule has 0 atom stereocenters. The van der Waals surface area contributed by atoms with Crippen LogP contribution >= 0.6 is 0 Å². The van der Waals surface area contributed by atoms with Gasteiger partial charge < -0.3 is 21.4 Å². The average molecular weight is 335 g/mol. The molecule has 25 heavy (non-hydrogen) atoms. The van der Waals surface area contributed by atoms with Crippen molar-refractivity contribution >= 4 is 40.3 Å². The van der Waals surface area contributed by atoms with Crippen molar-refractivity contribution in [2.45, 2.75) is 0 Å². The first kappa shape index (κ1) is 16.3. The second-order valence-corrected chi connectivity index (χ2v) is 5.32. The van der Waals surface area contributed by atoms with Gasteiger partial charge in [-0.2, -0.15) is 0 Å². The number of hydrogen-bond acceptors (Lipinski definition) is 3. The minimum Gasteiger partial charge on any atom is -0.366 e. The van der Waals surface area contributed by atoms with E-state index in [1.54, 1.807) is 24.5 Å². The van der Waals surface area contributed by atoms with Crippen LogP contribution in [0.3, 0.4) is 0 Å². The summed E-state index contributed by atoms with van der Waals surface area (Å²) in [5.74, 6) is -0.537. The van der Waals surface area contributed by atoms with Gasteiger partial charge in [-0.1, -0.05) is 30.3 Å². The van der Waals surface area contributed by atoms with Gasteiger partial charge in [-0.25, -0.2) is 9.78 Å². The second kappa shape index (κ2) is 6.88. The molecule has 7 nitrogen and oxygen atoms in total. The minimum atomic E-state index is -0.537. The number of carbonyl (C=O) groups excluding carboxylic acids is 2. The number of aromatic amines is 1. The lowest BCUT2D eigenvalue weighted by Crippen LogP contribution is -2.24. The number of hydrogen-bond donors (Lipinski definition) is 4. The quantitative estimate of drug-likeness (QED) is 0.549. The van der Waals surface area contributed by atoms with Gasteiger partial charge in [-0.05, 0) is 17.7 Å². The first-order valence-corrected chi connectivity index (χ1v) is 7.62. The third kappa shape index (κ3) is 3.35. The van der Waals surface area contributed by atoms with E-state index in [-0.39, 0.29) is 6.03 Å². The van der Waals surface area contributed by atoms with E-state index in [0.29, 0.717) is 33.4 Å². The van der Waals surface area contributed by atoms with Crippen molar-refractivity contribution in [1.82, 2.24) is 15.3 Å². The maximum Gasteiger partial charge on any atom is 0.318 e. The summed E-state index contributed by atoms with van der Waals surface area (Å²) in [6.07, 6.45) is 5.00. The lowest BCUT2D eigenvalue weighted by atomic mass is 10.0. The summed E-state index contributed by atoms with van der Waals surface area (Å²) in [6, 6.07) is 10.5. The van der Waals surface area contributed by atoms with Crippen LogP contribution < -0.4 is 16.4 Å². The number of rotatable bonds is 4. The van der Waals surface area contributed by atoms with E-state index in [0.717, 1.165) is 0 Å². The number of carbonyl (C=O) groups is 2. The fourth-order valence-electron chi connectivity index (χ4n) is 2.55. The van der Waals surface area contributed by atoms with Crippen molar-refractivity contribution in [2.24, 2.45) is 5.73 Å². The van der Waals surface area contributed by atoms with Crippen LogP contribution in [-0.4, -0.2) is 29.0 Å². The van der Waals surface area contributed by atoms with Crippen molar-refractivity contribution in [3.63, 3.8) is 0 Å². The largest absolute Gasteiger partial charge is 0.366 e. The molecule has 3 amide bonds. The van der Waals surface area contributed by atoms with Crippen LogP contribution in [0.1, 0.15) is 11.1 Å². The summed E-state index contributed by atoms with van der Waals surface area (Å²) in [6.45, 7) is 0. The summed E-state index contributed by atoms with van der Waals surface area (Å²) >= 11 is 0. The molecule has 0 unspecified atom stereocenters. The Hall–Kier alpha value is -3.61. The number of nitrogens with two attached hydrogens (primary N) is 1. The highest BCUT2D eigenvalue weighted by Crippen LogP contribution is 2.28. The van der Waals surface area contributed by atoms with Crippen molar-refractivity contribution in [2.75, 3.05) is 12.4 Å². The summed E-state index contributed by atoms with van der Waals surface area (Å²) in [5.41, 5.74) is 8.52. The first-order valence-electron chi connectivity index (χ1n) is 7.62. The zero-order chi connectivity index (χ0) is 17.8. The van der Waals surface area contributed by atoms with Crippen LogP contribution in [0.15, 0.2) is 48.8 Å². The van der Waals surface area contributed by atoms with Crippen LogP contribution in [0.25, 0.3) is 22.7 Å². The van der Waals surface area contributed by atoms with Gasteiger partial charge in [-0.15, -0.1) is 0 Å². The number of benzene rings is 1. The average Bonchev–Trinajstić information content (AvgIpc) is 3.04. The van der Waals surface area contributed by atoms with Crippen molar-refractivity contribution in [1.29, 1.82) is 0 Å². The maximum absolute atomic E-state index is 11.9. The molecule has 2 heterocycles. The number of anilines is 1. The Kier molecular flexibility index (Phi) is 4.47. The highest BCUT2D eigenvalue weighted by molar-refractivity contribution is 6.24. The van der Waals surface area contributed by atoms with Gasteiger partial charge in [0.15, 0.2) is 0 Å². The zero-order valence-electron chi connectivity index (χ0n) is 13.5. The molecule has 0 saturated heterocycles. The van der Waals surface area contributed by atoms with Gasteiger partial charge in [0.2, 0.25) is 5.91 Å². The molecule has 0 fully saturated rings. The monoisotopic (exact) mass is 335 g/mol. The van der Waals surface area contributed by atoms with Gasteiger partial charge in [0, 0.05) is 36.0 Å². The fourth-order valence-corrected chi connectivity index (χ4v) is 2.55. The molecular formula is C18H17N5O2. The number of urea groups is 1. The van der Waals surface area contributed by atoms with Crippen molar-refractivity contribution < 1.29 is 9.59 Å². The van der Waals surface area contributed by atoms with Gasteiger partial charge in [0.25, 0.3) is 0 Å².